The number of nitrogens with zero attached hydrogens (tertiary/aromatic N) is 1. The van der Waals surface area contributed by atoms with Crippen LogP contribution in [0.1, 0.15) is 50.4 Å². The van der Waals surface area contributed by atoms with Crippen molar-refractivity contribution in [2.24, 2.45) is 5.41 Å². The predicted molar refractivity (Wildman–Crippen MR) is 84.1 cm³/mol. The highest BCUT2D eigenvalue weighted by Crippen LogP contribution is 2.31. The van der Waals surface area contributed by atoms with Crippen molar-refractivity contribution in [2.45, 2.75) is 40.0 Å². The maximum absolute atomic E-state index is 13.9. The van der Waals surface area contributed by atoms with Crippen molar-refractivity contribution in [3.05, 3.63) is 29.6 Å². The summed E-state index contributed by atoms with van der Waals surface area (Å²) >= 11 is 0. The molecule has 21 heavy (non-hydrogen) atoms. The van der Waals surface area contributed by atoms with E-state index in [1.165, 1.54) is 6.07 Å². The lowest BCUT2D eigenvalue weighted by atomic mass is 9.85. The molecule has 0 spiro atoms. The Bertz CT molecular complexity index is 514. The van der Waals surface area contributed by atoms with Gasteiger partial charge in [0.1, 0.15) is 5.82 Å². The van der Waals surface area contributed by atoms with E-state index in [0.717, 1.165) is 32.4 Å². The van der Waals surface area contributed by atoms with Crippen molar-refractivity contribution in [1.82, 2.24) is 4.90 Å². The number of carbonyl (C=O) groups is 1. The minimum absolute atomic E-state index is 0.0665. The highest BCUT2D eigenvalue weighted by molar-refractivity contribution is 5.99. The van der Waals surface area contributed by atoms with E-state index < -0.39 is 0 Å². The lowest BCUT2D eigenvalue weighted by Gasteiger charge is -2.24. The number of amides is 1. The lowest BCUT2D eigenvalue weighted by Crippen LogP contribution is -2.33. The van der Waals surface area contributed by atoms with Crippen LogP contribution in [0.4, 0.5) is 10.1 Å². The van der Waals surface area contributed by atoms with Gasteiger partial charge >= 0.3 is 0 Å². The van der Waals surface area contributed by atoms with Gasteiger partial charge in [-0.3, -0.25) is 4.79 Å². The van der Waals surface area contributed by atoms with Gasteiger partial charge in [-0.1, -0.05) is 19.9 Å². The second-order valence-electron chi connectivity index (χ2n) is 6.50. The molecule has 0 aliphatic carbocycles. The Morgan fingerprint density at radius 3 is 2.81 bits per heavy atom. The Morgan fingerprint density at radius 1 is 1.33 bits per heavy atom. The van der Waals surface area contributed by atoms with Gasteiger partial charge in [0.25, 0.3) is 5.91 Å². The van der Waals surface area contributed by atoms with E-state index in [-0.39, 0.29) is 17.1 Å². The summed E-state index contributed by atoms with van der Waals surface area (Å²) in [5.41, 5.74) is 1.05. The molecule has 4 heteroatoms. The number of benzene rings is 1. The average Bonchev–Trinajstić information content (AvgIpc) is 2.61. The number of hydrogen-bond acceptors (Lipinski definition) is 2. The highest BCUT2D eigenvalue weighted by atomic mass is 19.1. The molecule has 0 radical (unpaired) electrons. The first-order chi connectivity index (χ1) is 9.94. The summed E-state index contributed by atoms with van der Waals surface area (Å²) in [5.74, 6) is -0.430. The number of nitrogens with one attached hydrogen (secondary N) is 1. The third-order valence-electron chi connectivity index (χ3n) is 4.22. The molecule has 3 nitrogen and oxygen atoms in total. The second kappa shape index (κ2) is 6.46. The normalized spacial score (nSPS) is 18.2. The quantitative estimate of drug-likeness (QED) is 0.916. The van der Waals surface area contributed by atoms with Crippen LogP contribution in [0.5, 0.6) is 0 Å². The predicted octanol–water partition coefficient (Wildman–Crippen LogP) is 3.91. The van der Waals surface area contributed by atoms with Crippen molar-refractivity contribution >= 4 is 11.6 Å². The zero-order valence-corrected chi connectivity index (χ0v) is 13.2. The summed E-state index contributed by atoms with van der Waals surface area (Å²) in [6, 6.07) is 4.70. The molecule has 1 aromatic rings. The molecule has 0 bridgehead atoms. The molecule has 1 aliphatic rings. The Hall–Kier alpha value is -1.58. The van der Waals surface area contributed by atoms with E-state index in [2.05, 4.69) is 19.2 Å². The number of rotatable bonds is 3. The molecular formula is C17H25FN2O. The van der Waals surface area contributed by atoms with Gasteiger partial charge in [-0.2, -0.15) is 0 Å². The lowest BCUT2D eigenvalue weighted by molar-refractivity contribution is 0.0758. The van der Waals surface area contributed by atoms with Crippen molar-refractivity contribution < 1.29 is 9.18 Å². The van der Waals surface area contributed by atoms with E-state index >= 15 is 0 Å². The van der Waals surface area contributed by atoms with Gasteiger partial charge in [-0.05, 0) is 43.7 Å². The number of carbonyl (C=O) groups excluding carboxylic acids is 1. The van der Waals surface area contributed by atoms with Crippen molar-refractivity contribution in [3.63, 3.8) is 0 Å². The molecule has 1 aliphatic heterocycles. The van der Waals surface area contributed by atoms with Crippen LogP contribution in [0, 0.1) is 11.2 Å². The van der Waals surface area contributed by atoms with Gasteiger partial charge in [0, 0.05) is 19.6 Å². The second-order valence-corrected chi connectivity index (χ2v) is 6.50. The summed E-state index contributed by atoms with van der Waals surface area (Å²) in [5, 5.41) is 2.97. The fourth-order valence-corrected chi connectivity index (χ4v) is 2.86. The van der Waals surface area contributed by atoms with Crippen LogP contribution in [0.15, 0.2) is 18.2 Å². The monoisotopic (exact) mass is 292 g/mol. The summed E-state index contributed by atoms with van der Waals surface area (Å²) in [7, 11) is 0. The smallest absolute Gasteiger partial charge is 0.256 e. The molecule has 1 heterocycles. The molecule has 2 rings (SSSR count). The first-order valence-corrected chi connectivity index (χ1v) is 7.76. The first kappa shape index (κ1) is 15.8. The Labute approximate surface area is 126 Å². The number of hydrogen-bond donors (Lipinski definition) is 1. The Balaban J connectivity index is 2.22. The maximum Gasteiger partial charge on any atom is 0.256 e. The molecule has 1 amide bonds. The van der Waals surface area contributed by atoms with E-state index in [9.17, 15) is 9.18 Å². The van der Waals surface area contributed by atoms with Crippen LogP contribution in [-0.2, 0) is 0 Å². The summed E-state index contributed by atoms with van der Waals surface area (Å²) in [6.07, 6.45) is 3.12. The number of anilines is 1. The summed E-state index contributed by atoms with van der Waals surface area (Å²) in [4.78, 5) is 14.6. The number of para-hydroxylation sites is 1. The first-order valence-electron chi connectivity index (χ1n) is 7.76. The molecule has 1 fully saturated rings. The SMILES string of the molecule is CCNc1c(F)cccc1C(=O)N1CCCC(C)(C)CC1. The highest BCUT2D eigenvalue weighted by Gasteiger charge is 2.27. The van der Waals surface area contributed by atoms with Crippen LogP contribution in [0.3, 0.4) is 0 Å². The average molecular weight is 292 g/mol. The molecule has 0 saturated carbocycles. The van der Waals surface area contributed by atoms with Crippen molar-refractivity contribution in [2.75, 3.05) is 25.0 Å². The summed E-state index contributed by atoms with van der Waals surface area (Å²) < 4.78 is 13.9. The molecular weight excluding hydrogens is 267 g/mol. The number of halogens is 1. The zero-order valence-electron chi connectivity index (χ0n) is 13.2. The van der Waals surface area contributed by atoms with Gasteiger partial charge < -0.3 is 10.2 Å². The van der Waals surface area contributed by atoms with Crippen molar-refractivity contribution in [1.29, 1.82) is 0 Å². The van der Waals surface area contributed by atoms with Gasteiger partial charge in [0.15, 0.2) is 0 Å². The van der Waals surface area contributed by atoms with E-state index in [4.69, 9.17) is 0 Å². The fraction of sp³-hybridized carbons (Fsp3) is 0.588. The van der Waals surface area contributed by atoms with Crippen LogP contribution in [0.25, 0.3) is 0 Å². The van der Waals surface area contributed by atoms with E-state index in [1.54, 1.807) is 12.1 Å². The third kappa shape index (κ3) is 3.74. The minimum atomic E-state index is -0.363. The topological polar surface area (TPSA) is 32.3 Å². The zero-order chi connectivity index (χ0) is 15.5. The van der Waals surface area contributed by atoms with E-state index in [1.807, 2.05) is 11.8 Å². The van der Waals surface area contributed by atoms with Crippen molar-refractivity contribution in [3.8, 4) is 0 Å². The molecule has 1 aromatic carbocycles. The van der Waals surface area contributed by atoms with Crippen LogP contribution < -0.4 is 5.32 Å². The fourth-order valence-electron chi connectivity index (χ4n) is 2.86. The molecule has 116 valence electrons. The van der Waals surface area contributed by atoms with Gasteiger partial charge in [0.05, 0.1) is 11.3 Å². The maximum atomic E-state index is 13.9. The van der Waals surface area contributed by atoms with E-state index in [0.29, 0.717) is 17.8 Å². The van der Waals surface area contributed by atoms with Crippen LogP contribution in [0.2, 0.25) is 0 Å². The van der Waals surface area contributed by atoms with Crippen LogP contribution >= 0.6 is 0 Å². The molecule has 1 saturated heterocycles. The van der Waals surface area contributed by atoms with Gasteiger partial charge in [0.2, 0.25) is 0 Å². The molecule has 0 atom stereocenters. The van der Waals surface area contributed by atoms with Gasteiger partial charge in [-0.15, -0.1) is 0 Å². The minimum Gasteiger partial charge on any atom is -0.382 e. The Morgan fingerprint density at radius 2 is 2.10 bits per heavy atom. The van der Waals surface area contributed by atoms with Crippen LogP contribution in [-0.4, -0.2) is 30.4 Å². The standard InChI is InChI=1S/C17H25FN2O/c1-4-19-15-13(7-5-8-14(15)18)16(21)20-11-6-9-17(2,3)10-12-20/h5,7-8,19H,4,6,9-12H2,1-3H3. The molecule has 0 unspecified atom stereocenters. The largest absolute Gasteiger partial charge is 0.382 e. The molecule has 1 N–H and O–H groups in total. The summed E-state index contributed by atoms with van der Waals surface area (Å²) in [6.45, 7) is 8.47. The van der Waals surface area contributed by atoms with Gasteiger partial charge in [-0.25, -0.2) is 4.39 Å². The third-order valence-corrected chi connectivity index (χ3v) is 4.22. The number of likely N-dealkylation sites (tertiary alicyclic amines) is 1. The molecule has 0 aromatic heterocycles. The Kier molecular flexibility index (Phi) is 4.86.